The molecule has 106 valence electrons. The molecule has 4 heteroatoms. The number of carbonyl (C=O) groups is 1. The molecule has 1 fully saturated rings. The number of amides is 1. The Morgan fingerprint density at radius 3 is 2.56 bits per heavy atom. The van der Waals surface area contributed by atoms with Crippen LogP contribution >= 0.6 is 0 Å². The fraction of sp³-hybridized carbons (Fsp3) is 0.929. The van der Waals surface area contributed by atoms with E-state index >= 15 is 0 Å². The minimum absolute atomic E-state index is 0.193. The number of hydrogen-bond acceptors (Lipinski definition) is 3. The second kappa shape index (κ2) is 6.98. The van der Waals surface area contributed by atoms with Crippen LogP contribution in [0.15, 0.2) is 0 Å². The van der Waals surface area contributed by atoms with Gasteiger partial charge >= 0.3 is 6.09 Å². The lowest BCUT2D eigenvalue weighted by molar-refractivity contribution is 0.0718. The summed E-state index contributed by atoms with van der Waals surface area (Å²) in [4.78, 5) is 13.7. The molecule has 1 aliphatic heterocycles. The number of carbonyl (C=O) groups excluding carboxylic acids is 1. The fourth-order valence-corrected chi connectivity index (χ4v) is 2.45. The maximum atomic E-state index is 11.8. The Balaban J connectivity index is 2.39. The smallest absolute Gasteiger partial charge is 0.409 e. The van der Waals surface area contributed by atoms with Gasteiger partial charge in [0, 0.05) is 20.2 Å². The van der Waals surface area contributed by atoms with Gasteiger partial charge in [-0.1, -0.05) is 20.8 Å². The first-order chi connectivity index (χ1) is 8.45. The highest BCUT2D eigenvalue weighted by atomic mass is 16.6. The third-order valence-corrected chi connectivity index (χ3v) is 3.72. The Morgan fingerprint density at radius 2 is 1.94 bits per heavy atom. The highest BCUT2D eigenvalue weighted by Crippen LogP contribution is 2.34. The lowest BCUT2D eigenvalue weighted by atomic mass is 9.77. The van der Waals surface area contributed by atoms with E-state index in [-0.39, 0.29) is 6.09 Å². The predicted octanol–water partition coefficient (Wildman–Crippen LogP) is 2.92. The van der Waals surface area contributed by atoms with E-state index < -0.39 is 0 Å². The highest BCUT2D eigenvalue weighted by Gasteiger charge is 2.28. The van der Waals surface area contributed by atoms with E-state index in [1.165, 1.54) is 6.42 Å². The van der Waals surface area contributed by atoms with Gasteiger partial charge in [-0.2, -0.15) is 0 Å². The van der Waals surface area contributed by atoms with Gasteiger partial charge in [0.1, 0.15) is 6.61 Å². The van der Waals surface area contributed by atoms with Crippen molar-refractivity contribution in [2.45, 2.75) is 40.0 Å². The van der Waals surface area contributed by atoms with E-state index in [9.17, 15) is 4.79 Å². The third-order valence-electron chi connectivity index (χ3n) is 3.72. The zero-order valence-corrected chi connectivity index (χ0v) is 12.2. The maximum absolute atomic E-state index is 11.8. The normalized spacial score (nSPS) is 21.6. The van der Waals surface area contributed by atoms with Gasteiger partial charge in [-0.25, -0.2) is 4.79 Å². The van der Waals surface area contributed by atoms with E-state index in [1.807, 2.05) is 4.90 Å². The van der Waals surface area contributed by atoms with Crippen LogP contribution in [-0.2, 0) is 9.47 Å². The number of ether oxygens (including phenoxy) is 2. The molecule has 1 atom stereocenters. The van der Waals surface area contributed by atoms with Crippen molar-refractivity contribution in [3.05, 3.63) is 0 Å². The van der Waals surface area contributed by atoms with Crippen molar-refractivity contribution < 1.29 is 14.3 Å². The van der Waals surface area contributed by atoms with Crippen LogP contribution in [0.25, 0.3) is 0 Å². The molecule has 1 amide bonds. The minimum atomic E-state index is -0.193. The Bertz CT molecular complexity index is 260. The van der Waals surface area contributed by atoms with Crippen molar-refractivity contribution in [1.29, 1.82) is 0 Å². The van der Waals surface area contributed by atoms with Crippen LogP contribution in [0.4, 0.5) is 4.79 Å². The number of likely N-dealkylation sites (tertiary alicyclic amines) is 1. The lowest BCUT2D eigenvalue weighted by Gasteiger charge is -2.29. The van der Waals surface area contributed by atoms with Crippen LogP contribution in [0.5, 0.6) is 0 Å². The summed E-state index contributed by atoms with van der Waals surface area (Å²) in [6.07, 6.45) is 3.15. The van der Waals surface area contributed by atoms with Crippen molar-refractivity contribution in [3.8, 4) is 0 Å². The van der Waals surface area contributed by atoms with E-state index in [1.54, 1.807) is 7.11 Å². The van der Waals surface area contributed by atoms with Gasteiger partial charge in [0.15, 0.2) is 0 Å². The average molecular weight is 257 g/mol. The zero-order valence-electron chi connectivity index (χ0n) is 12.2. The van der Waals surface area contributed by atoms with Crippen molar-refractivity contribution in [3.63, 3.8) is 0 Å². The summed E-state index contributed by atoms with van der Waals surface area (Å²) in [6, 6.07) is 0. The minimum Gasteiger partial charge on any atom is -0.447 e. The van der Waals surface area contributed by atoms with Crippen LogP contribution in [0.2, 0.25) is 0 Å². The largest absolute Gasteiger partial charge is 0.447 e. The average Bonchev–Trinajstić information content (AvgIpc) is 2.54. The molecule has 1 rings (SSSR count). The molecule has 0 saturated carbocycles. The Labute approximate surface area is 111 Å². The molecular formula is C14H27NO3. The molecule has 1 heterocycles. The summed E-state index contributed by atoms with van der Waals surface area (Å²) in [5, 5.41) is 0. The Hall–Kier alpha value is -0.770. The molecule has 0 aromatic rings. The summed E-state index contributed by atoms with van der Waals surface area (Å²) >= 11 is 0. The second-order valence-corrected chi connectivity index (χ2v) is 6.09. The van der Waals surface area contributed by atoms with E-state index in [2.05, 4.69) is 20.8 Å². The zero-order chi connectivity index (χ0) is 13.6. The predicted molar refractivity (Wildman–Crippen MR) is 71.6 cm³/mol. The summed E-state index contributed by atoms with van der Waals surface area (Å²) in [5.74, 6) is 0.689. The van der Waals surface area contributed by atoms with Crippen LogP contribution in [0.3, 0.4) is 0 Å². The van der Waals surface area contributed by atoms with Gasteiger partial charge in [-0.3, -0.25) is 0 Å². The van der Waals surface area contributed by atoms with Gasteiger partial charge in [-0.05, 0) is 30.6 Å². The van der Waals surface area contributed by atoms with Crippen LogP contribution in [0.1, 0.15) is 40.0 Å². The molecular weight excluding hydrogens is 230 g/mol. The fourth-order valence-electron chi connectivity index (χ4n) is 2.45. The molecule has 0 aromatic heterocycles. The van der Waals surface area contributed by atoms with E-state index in [0.717, 1.165) is 25.9 Å². The molecule has 0 aliphatic carbocycles. The molecule has 1 aliphatic rings. The Morgan fingerprint density at radius 1 is 1.22 bits per heavy atom. The van der Waals surface area contributed by atoms with Gasteiger partial charge in [0.05, 0.1) is 6.61 Å². The van der Waals surface area contributed by atoms with Crippen molar-refractivity contribution in [2.75, 3.05) is 33.4 Å². The highest BCUT2D eigenvalue weighted by molar-refractivity contribution is 5.67. The molecule has 1 unspecified atom stereocenters. The number of hydrogen-bond donors (Lipinski definition) is 0. The van der Waals surface area contributed by atoms with Crippen LogP contribution < -0.4 is 0 Å². The first-order valence-corrected chi connectivity index (χ1v) is 6.86. The second-order valence-electron chi connectivity index (χ2n) is 6.09. The molecule has 0 radical (unpaired) electrons. The molecule has 0 spiro atoms. The summed E-state index contributed by atoms with van der Waals surface area (Å²) in [5.41, 5.74) is 0.329. The first kappa shape index (κ1) is 15.3. The topological polar surface area (TPSA) is 38.8 Å². The third kappa shape index (κ3) is 4.84. The van der Waals surface area contributed by atoms with Gasteiger partial charge in [0.2, 0.25) is 0 Å². The number of rotatable bonds is 3. The molecule has 0 aromatic carbocycles. The van der Waals surface area contributed by atoms with Crippen LogP contribution in [0, 0.1) is 11.3 Å². The van der Waals surface area contributed by atoms with E-state index in [4.69, 9.17) is 9.47 Å². The SMILES string of the molecule is COCCOC(=O)N1CCCC(C(C)(C)C)CC1. The molecule has 0 bridgehead atoms. The number of nitrogens with zero attached hydrogens (tertiary/aromatic N) is 1. The van der Waals surface area contributed by atoms with Crippen molar-refractivity contribution in [1.82, 2.24) is 4.90 Å². The monoisotopic (exact) mass is 257 g/mol. The van der Waals surface area contributed by atoms with Gasteiger partial charge in [0.25, 0.3) is 0 Å². The first-order valence-electron chi connectivity index (χ1n) is 6.86. The Kier molecular flexibility index (Phi) is 5.93. The summed E-state index contributed by atoms with van der Waals surface area (Å²) in [7, 11) is 1.60. The molecule has 4 nitrogen and oxygen atoms in total. The number of methoxy groups -OCH3 is 1. The van der Waals surface area contributed by atoms with Crippen molar-refractivity contribution in [2.24, 2.45) is 11.3 Å². The lowest BCUT2D eigenvalue weighted by Crippen LogP contribution is -2.33. The maximum Gasteiger partial charge on any atom is 0.409 e. The molecule has 0 N–H and O–H groups in total. The van der Waals surface area contributed by atoms with E-state index in [0.29, 0.717) is 24.5 Å². The molecule has 18 heavy (non-hydrogen) atoms. The van der Waals surface area contributed by atoms with Gasteiger partial charge < -0.3 is 14.4 Å². The van der Waals surface area contributed by atoms with Gasteiger partial charge in [-0.15, -0.1) is 0 Å². The quantitative estimate of drug-likeness (QED) is 0.730. The van der Waals surface area contributed by atoms with Crippen molar-refractivity contribution >= 4 is 6.09 Å². The standard InChI is InChI=1S/C14H27NO3/c1-14(2,3)12-6-5-8-15(9-7-12)13(16)18-11-10-17-4/h12H,5-11H2,1-4H3. The van der Waals surface area contributed by atoms with Crippen LogP contribution in [-0.4, -0.2) is 44.4 Å². The molecule has 1 saturated heterocycles. The summed E-state index contributed by atoms with van der Waals surface area (Å²) < 4.78 is 10.0. The summed E-state index contributed by atoms with van der Waals surface area (Å²) in [6.45, 7) is 9.28.